The maximum atomic E-state index is 11.6. The number of benzene rings is 1. The third-order valence-corrected chi connectivity index (χ3v) is 3.58. The molecule has 0 aliphatic rings. The summed E-state index contributed by atoms with van der Waals surface area (Å²) in [5.74, 6) is 0.792. The van der Waals surface area contributed by atoms with Gasteiger partial charge in [-0.15, -0.1) is 11.3 Å². The van der Waals surface area contributed by atoms with Crippen molar-refractivity contribution in [1.29, 1.82) is 0 Å². The zero-order valence-electron chi connectivity index (χ0n) is 12.0. The first-order chi connectivity index (χ1) is 10.2. The van der Waals surface area contributed by atoms with E-state index in [0.29, 0.717) is 31.1 Å². The molecule has 21 heavy (non-hydrogen) atoms. The number of nitrogens with zero attached hydrogens (tertiary/aromatic N) is 1. The number of nitrogens with one attached hydrogen (secondary N) is 1. The van der Waals surface area contributed by atoms with E-state index in [1.165, 1.54) is 11.3 Å². The van der Waals surface area contributed by atoms with E-state index in [0.717, 1.165) is 17.0 Å². The van der Waals surface area contributed by atoms with Crippen molar-refractivity contribution in [2.24, 2.45) is 5.73 Å². The Labute approximate surface area is 128 Å². The quantitative estimate of drug-likeness (QED) is 0.824. The predicted molar refractivity (Wildman–Crippen MR) is 85.6 cm³/mol. The molecule has 0 bridgehead atoms. The fraction of sp³-hybridized carbons (Fsp3) is 0.333. The fourth-order valence-electron chi connectivity index (χ4n) is 1.80. The maximum Gasteiger partial charge on any atom is 0.226 e. The van der Waals surface area contributed by atoms with Gasteiger partial charge in [0.1, 0.15) is 5.75 Å². The minimum absolute atomic E-state index is 0.0481. The summed E-state index contributed by atoms with van der Waals surface area (Å²) in [6.07, 6.45) is 1.11. The van der Waals surface area contributed by atoms with Crippen molar-refractivity contribution in [3.8, 4) is 17.0 Å². The number of carbonyl (C=O) groups is 1. The van der Waals surface area contributed by atoms with Crippen LogP contribution in [-0.2, 0) is 4.79 Å². The summed E-state index contributed by atoms with van der Waals surface area (Å²) in [7, 11) is 0. The van der Waals surface area contributed by atoms with Gasteiger partial charge in [0.2, 0.25) is 5.91 Å². The number of nitrogens with two attached hydrogens (primary N) is 1. The van der Waals surface area contributed by atoms with Gasteiger partial charge in [0.15, 0.2) is 5.13 Å². The summed E-state index contributed by atoms with van der Waals surface area (Å²) in [6, 6.07) is 7.75. The number of anilines is 1. The molecule has 0 unspecified atom stereocenters. The molecule has 0 atom stereocenters. The van der Waals surface area contributed by atoms with E-state index in [-0.39, 0.29) is 5.91 Å². The summed E-state index contributed by atoms with van der Waals surface area (Å²) in [6.45, 7) is 3.12. The molecule has 3 N–H and O–H groups in total. The molecule has 1 amide bonds. The van der Waals surface area contributed by atoms with Gasteiger partial charge in [-0.05, 0) is 44.2 Å². The molecule has 1 aromatic heterocycles. The van der Waals surface area contributed by atoms with Crippen molar-refractivity contribution in [3.05, 3.63) is 29.6 Å². The van der Waals surface area contributed by atoms with Crippen molar-refractivity contribution in [2.45, 2.75) is 19.8 Å². The van der Waals surface area contributed by atoms with E-state index in [9.17, 15) is 4.79 Å². The number of rotatable bonds is 7. The van der Waals surface area contributed by atoms with Crippen LogP contribution in [0.3, 0.4) is 0 Å². The Morgan fingerprint density at radius 2 is 2.14 bits per heavy atom. The normalized spacial score (nSPS) is 10.4. The number of hydrogen-bond donors (Lipinski definition) is 2. The van der Waals surface area contributed by atoms with E-state index in [1.54, 1.807) is 0 Å². The Balaban J connectivity index is 2.00. The predicted octanol–water partition coefficient (Wildman–Crippen LogP) is 2.89. The van der Waals surface area contributed by atoms with Crippen LogP contribution in [-0.4, -0.2) is 24.0 Å². The van der Waals surface area contributed by atoms with E-state index in [1.807, 2.05) is 36.6 Å². The highest BCUT2D eigenvalue weighted by Gasteiger charge is 2.08. The van der Waals surface area contributed by atoms with Gasteiger partial charge in [-0.25, -0.2) is 4.98 Å². The van der Waals surface area contributed by atoms with Crippen LogP contribution in [0.5, 0.6) is 5.75 Å². The number of aromatic nitrogens is 1. The van der Waals surface area contributed by atoms with Gasteiger partial charge in [-0.1, -0.05) is 0 Å². The lowest BCUT2D eigenvalue weighted by Gasteiger charge is -2.03. The molecule has 0 fully saturated rings. The summed E-state index contributed by atoms with van der Waals surface area (Å²) in [5.41, 5.74) is 7.22. The number of ether oxygens (including phenoxy) is 1. The lowest BCUT2D eigenvalue weighted by atomic mass is 10.2. The van der Waals surface area contributed by atoms with E-state index < -0.39 is 0 Å². The minimum atomic E-state index is -0.0481. The summed E-state index contributed by atoms with van der Waals surface area (Å²) in [5, 5.41) is 5.32. The molecule has 2 aromatic rings. The van der Waals surface area contributed by atoms with E-state index >= 15 is 0 Å². The Morgan fingerprint density at radius 3 is 2.81 bits per heavy atom. The monoisotopic (exact) mass is 305 g/mol. The standard InChI is InChI=1S/C15H19N3O2S/c1-2-20-12-7-5-11(6-8-12)13-10-21-15(17-13)18-14(19)4-3-9-16/h5-8,10H,2-4,9,16H2,1H3,(H,17,18,19). The van der Waals surface area contributed by atoms with Crippen molar-refractivity contribution in [1.82, 2.24) is 4.98 Å². The SMILES string of the molecule is CCOc1ccc(-c2csc(NC(=O)CCCN)n2)cc1. The van der Waals surface area contributed by atoms with Gasteiger partial charge in [0, 0.05) is 17.4 Å². The molecule has 112 valence electrons. The molecule has 0 aliphatic heterocycles. The number of carbonyl (C=O) groups excluding carboxylic acids is 1. The Bertz CT molecular complexity index is 581. The van der Waals surface area contributed by atoms with Crippen LogP contribution in [0.25, 0.3) is 11.3 Å². The Hall–Kier alpha value is -1.92. The summed E-state index contributed by atoms with van der Waals surface area (Å²) >= 11 is 1.42. The number of thiazole rings is 1. The molecular weight excluding hydrogens is 286 g/mol. The number of amides is 1. The molecule has 0 aliphatic carbocycles. The average Bonchev–Trinajstić information content (AvgIpc) is 2.94. The third-order valence-electron chi connectivity index (χ3n) is 2.82. The van der Waals surface area contributed by atoms with Gasteiger partial charge in [0.25, 0.3) is 0 Å². The third kappa shape index (κ3) is 4.54. The van der Waals surface area contributed by atoms with Gasteiger partial charge < -0.3 is 15.8 Å². The average molecular weight is 305 g/mol. The molecule has 0 radical (unpaired) electrons. The Morgan fingerprint density at radius 1 is 1.38 bits per heavy atom. The van der Waals surface area contributed by atoms with Crippen LogP contribution in [0.4, 0.5) is 5.13 Å². The van der Waals surface area contributed by atoms with E-state index in [2.05, 4.69) is 10.3 Å². The van der Waals surface area contributed by atoms with Crippen molar-refractivity contribution < 1.29 is 9.53 Å². The van der Waals surface area contributed by atoms with Gasteiger partial charge in [0.05, 0.1) is 12.3 Å². The molecule has 0 spiro atoms. The first-order valence-electron chi connectivity index (χ1n) is 6.91. The first-order valence-corrected chi connectivity index (χ1v) is 7.79. The van der Waals surface area contributed by atoms with Gasteiger partial charge in [-0.3, -0.25) is 4.79 Å². The van der Waals surface area contributed by atoms with Gasteiger partial charge >= 0.3 is 0 Å². The molecule has 6 heteroatoms. The van der Waals surface area contributed by atoms with Crippen molar-refractivity contribution in [3.63, 3.8) is 0 Å². The van der Waals surface area contributed by atoms with Crippen molar-refractivity contribution >= 4 is 22.4 Å². The molecule has 5 nitrogen and oxygen atoms in total. The fourth-order valence-corrected chi connectivity index (χ4v) is 2.53. The molecule has 0 saturated carbocycles. The van der Waals surface area contributed by atoms with E-state index in [4.69, 9.17) is 10.5 Å². The first kappa shape index (κ1) is 15.5. The lowest BCUT2D eigenvalue weighted by Crippen LogP contribution is -2.13. The largest absolute Gasteiger partial charge is 0.494 e. The molecule has 1 heterocycles. The molecule has 1 aromatic carbocycles. The van der Waals surface area contributed by atoms with Crippen LogP contribution in [0.2, 0.25) is 0 Å². The molecule has 0 saturated heterocycles. The van der Waals surface area contributed by atoms with Crippen LogP contribution >= 0.6 is 11.3 Å². The molecular formula is C15H19N3O2S. The maximum absolute atomic E-state index is 11.6. The zero-order chi connectivity index (χ0) is 15.1. The summed E-state index contributed by atoms with van der Waals surface area (Å²) in [4.78, 5) is 16.0. The van der Waals surface area contributed by atoms with Crippen LogP contribution in [0.1, 0.15) is 19.8 Å². The second kappa shape index (κ2) is 7.75. The number of hydrogen-bond acceptors (Lipinski definition) is 5. The van der Waals surface area contributed by atoms with Gasteiger partial charge in [-0.2, -0.15) is 0 Å². The topological polar surface area (TPSA) is 77.2 Å². The molecule has 2 rings (SSSR count). The Kier molecular flexibility index (Phi) is 5.71. The zero-order valence-corrected chi connectivity index (χ0v) is 12.8. The lowest BCUT2D eigenvalue weighted by molar-refractivity contribution is -0.116. The van der Waals surface area contributed by atoms with Crippen LogP contribution in [0, 0.1) is 0 Å². The summed E-state index contributed by atoms with van der Waals surface area (Å²) < 4.78 is 5.41. The van der Waals surface area contributed by atoms with Crippen LogP contribution in [0.15, 0.2) is 29.6 Å². The second-order valence-corrected chi connectivity index (χ2v) is 5.29. The highest BCUT2D eigenvalue weighted by Crippen LogP contribution is 2.26. The van der Waals surface area contributed by atoms with Crippen molar-refractivity contribution in [2.75, 3.05) is 18.5 Å². The highest BCUT2D eigenvalue weighted by molar-refractivity contribution is 7.14. The highest BCUT2D eigenvalue weighted by atomic mass is 32.1. The second-order valence-electron chi connectivity index (χ2n) is 4.44. The van der Waals surface area contributed by atoms with Crippen LogP contribution < -0.4 is 15.8 Å². The minimum Gasteiger partial charge on any atom is -0.494 e. The smallest absolute Gasteiger partial charge is 0.226 e.